The van der Waals surface area contributed by atoms with Crippen LogP contribution in [0.3, 0.4) is 0 Å². The number of benzene rings is 8. The van der Waals surface area contributed by atoms with E-state index in [1.54, 1.807) is 0 Å². The molecule has 372 valence electrons. The normalized spacial score (nSPS) is 16.4. The van der Waals surface area contributed by atoms with Gasteiger partial charge in [-0.15, -0.1) is 0 Å². The van der Waals surface area contributed by atoms with E-state index in [0.29, 0.717) is 0 Å². The Hall–Kier alpha value is -6.82. The third kappa shape index (κ3) is 8.67. The molecule has 0 atom stereocenters. The van der Waals surface area contributed by atoms with Gasteiger partial charge in [-0.25, -0.2) is 0 Å². The SMILES string of the molecule is CC(C)(C)c1ccc([Si](c2ccccc2)(c2ccccc2)c2ccc(C(C)(C)C)c(-c3cccc4c3OC(C)(C)c3ccccc3C(C)(C)O4)c2)cc1-c1cccc2c1OC(C)(C)c1ccccc1C(C)(C)O2. The molecule has 8 aromatic rings. The first-order chi connectivity index (χ1) is 34.4. The number of fused-ring (bicyclic) bond motifs is 4. The maximum Gasteiger partial charge on any atom is 0.179 e. The Morgan fingerprint density at radius 1 is 0.301 bits per heavy atom. The van der Waals surface area contributed by atoms with Gasteiger partial charge >= 0.3 is 0 Å². The van der Waals surface area contributed by atoms with E-state index in [9.17, 15) is 0 Å². The predicted molar refractivity (Wildman–Crippen MR) is 306 cm³/mol. The average Bonchev–Trinajstić information content (AvgIpc) is 3.34. The molecule has 2 heterocycles. The van der Waals surface area contributed by atoms with Crippen LogP contribution in [0.4, 0.5) is 0 Å². The Balaban J connectivity index is 1.27. The van der Waals surface area contributed by atoms with Crippen LogP contribution in [0.1, 0.15) is 130 Å². The molecule has 2 aliphatic rings. The van der Waals surface area contributed by atoms with Gasteiger partial charge in [0.05, 0.1) is 0 Å². The molecule has 0 unspecified atom stereocenters. The van der Waals surface area contributed by atoms with E-state index in [2.05, 4.69) is 279 Å². The van der Waals surface area contributed by atoms with Gasteiger partial charge in [-0.1, -0.05) is 211 Å². The van der Waals surface area contributed by atoms with E-state index >= 15 is 0 Å². The number of rotatable bonds is 6. The van der Waals surface area contributed by atoms with E-state index in [1.165, 1.54) is 31.9 Å². The summed E-state index contributed by atoms with van der Waals surface area (Å²) in [5.74, 6) is 2.95. The van der Waals surface area contributed by atoms with Gasteiger partial charge in [0.1, 0.15) is 22.4 Å². The maximum absolute atomic E-state index is 7.36. The summed E-state index contributed by atoms with van der Waals surface area (Å²) in [5, 5.41) is 5.10. The van der Waals surface area contributed by atoms with Crippen LogP contribution in [-0.4, -0.2) is 8.07 Å². The highest BCUT2D eigenvalue weighted by Crippen LogP contribution is 2.52. The first-order valence-electron chi connectivity index (χ1n) is 26.1. The van der Waals surface area contributed by atoms with Crippen LogP contribution in [0.25, 0.3) is 22.3 Å². The van der Waals surface area contributed by atoms with E-state index < -0.39 is 30.5 Å². The fourth-order valence-electron chi connectivity index (χ4n) is 11.9. The predicted octanol–water partition coefficient (Wildman–Crippen LogP) is 14.9. The van der Waals surface area contributed by atoms with Gasteiger partial charge in [-0.3, -0.25) is 0 Å². The Labute approximate surface area is 436 Å². The summed E-state index contributed by atoms with van der Waals surface area (Å²) >= 11 is 0. The number of hydrogen-bond acceptors (Lipinski definition) is 4. The van der Waals surface area contributed by atoms with Crippen molar-refractivity contribution in [3.8, 4) is 45.3 Å². The molecule has 0 aliphatic carbocycles. The average molecular weight is 981 g/mol. The maximum atomic E-state index is 7.36. The quantitative estimate of drug-likeness (QED) is 0.123. The van der Waals surface area contributed by atoms with Crippen LogP contribution in [0.5, 0.6) is 23.0 Å². The number of ether oxygens (including phenoxy) is 4. The van der Waals surface area contributed by atoms with Gasteiger partial charge in [-0.05, 0) is 121 Å². The molecule has 0 spiro atoms. The molecule has 5 heteroatoms. The van der Waals surface area contributed by atoms with Crippen LogP contribution in [0.2, 0.25) is 0 Å². The minimum absolute atomic E-state index is 0.222. The molecule has 10 rings (SSSR count). The molecule has 0 N–H and O–H groups in total. The summed E-state index contributed by atoms with van der Waals surface area (Å²) < 4.78 is 28.9. The second kappa shape index (κ2) is 17.7. The lowest BCUT2D eigenvalue weighted by Gasteiger charge is -2.40. The molecule has 0 saturated carbocycles. The Morgan fingerprint density at radius 2 is 0.616 bits per heavy atom. The minimum Gasteiger partial charge on any atom is -0.479 e. The molecule has 0 amide bonds. The topological polar surface area (TPSA) is 36.9 Å². The fourth-order valence-corrected chi connectivity index (χ4v) is 16.6. The first kappa shape index (κ1) is 49.7. The molecule has 73 heavy (non-hydrogen) atoms. The Kier molecular flexibility index (Phi) is 12.1. The van der Waals surface area contributed by atoms with Gasteiger partial charge in [0, 0.05) is 33.4 Å². The standard InChI is InChI=1S/C68H72O4Si/c1-63(2,3)53-41-39-47(43-51(53)49-31-25-37-59-61(49)71-67(11,12)57-35-23-21-33-55(57)65(7,8)69-59)73(45-27-17-15-18-28-45,46-29-19-16-20-30-46)48-40-42-54(64(4,5)6)52(44-48)50-32-26-38-60-62(50)72-68(13,14)58-36-24-22-34-56(58)66(9,10)70-60/h15-44H,1-14H3. The second-order valence-corrected chi connectivity index (χ2v) is 28.1. The van der Waals surface area contributed by atoms with Crippen LogP contribution in [0.15, 0.2) is 182 Å². The third-order valence-electron chi connectivity index (χ3n) is 15.4. The van der Waals surface area contributed by atoms with Gasteiger partial charge in [0.25, 0.3) is 0 Å². The fraction of sp³-hybridized carbons (Fsp3) is 0.294. The molecule has 0 radical (unpaired) electrons. The van der Waals surface area contributed by atoms with Crippen molar-refractivity contribution in [3.63, 3.8) is 0 Å². The van der Waals surface area contributed by atoms with E-state index in [-0.39, 0.29) is 10.8 Å². The molecule has 2 aliphatic heterocycles. The summed E-state index contributed by atoms with van der Waals surface area (Å²) in [6, 6.07) is 67.1. The largest absolute Gasteiger partial charge is 0.479 e. The summed E-state index contributed by atoms with van der Waals surface area (Å²) in [6.07, 6.45) is 0. The zero-order valence-electron chi connectivity index (χ0n) is 45.5. The highest BCUT2D eigenvalue weighted by Gasteiger charge is 2.45. The molecular weight excluding hydrogens is 909 g/mol. The molecule has 0 fully saturated rings. The van der Waals surface area contributed by atoms with Crippen LogP contribution in [-0.2, 0) is 33.2 Å². The van der Waals surface area contributed by atoms with Gasteiger partial charge in [0.2, 0.25) is 0 Å². The summed E-state index contributed by atoms with van der Waals surface area (Å²) in [6.45, 7) is 31.3. The van der Waals surface area contributed by atoms with E-state index in [4.69, 9.17) is 18.9 Å². The Morgan fingerprint density at radius 3 is 0.945 bits per heavy atom. The lowest BCUT2D eigenvalue weighted by molar-refractivity contribution is 0.0516. The highest BCUT2D eigenvalue weighted by molar-refractivity contribution is 7.20. The smallest absolute Gasteiger partial charge is 0.179 e. The van der Waals surface area contributed by atoms with Crippen molar-refractivity contribution >= 4 is 28.8 Å². The van der Waals surface area contributed by atoms with Crippen molar-refractivity contribution in [2.75, 3.05) is 0 Å². The monoisotopic (exact) mass is 981 g/mol. The lowest BCUT2D eigenvalue weighted by atomic mass is 9.81. The molecule has 4 nitrogen and oxygen atoms in total. The van der Waals surface area contributed by atoms with Crippen molar-refractivity contribution in [2.45, 2.75) is 130 Å². The van der Waals surface area contributed by atoms with Gasteiger partial charge in [-0.2, -0.15) is 0 Å². The lowest BCUT2D eigenvalue weighted by Crippen LogP contribution is -2.74. The number of hydrogen-bond donors (Lipinski definition) is 0. The zero-order valence-corrected chi connectivity index (χ0v) is 46.5. The summed E-state index contributed by atoms with van der Waals surface area (Å²) in [7, 11) is -3.24. The molecule has 0 aromatic heterocycles. The summed E-state index contributed by atoms with van der Waals surface area (Å²) in [4.78, 5) is 0. The summed E-state index contributed by atoms with van der Waals surface area (Å²) in [5.41, 5.74) is 8.16. The van der Waals surface area contributed by atoms with Crippen molar-refractivity contribution < 1.29 is 18.9 Å². The minimum atomic E-state index is -3.24. The van der Waals surface area contributed by atoms with Gasteiger partial charge in [0.15, 0.2) is 31.1 Å². The molecule has 0 bridgehead atoms. The van der Waals surface area contributed by atoms with Crippen LogP contribution >= 0.6 is 0 Å². The highest BCUT2D eigenvalue weighted by atomic mass is 28.3. The second-order valence-electron chi connectivity index (χ2n) is 24.3. The van der Waals surface area contributed by atoms with Crippen LogP contribution in [0, 0.1) is 0 Å². The Bertz CT molecular complexity index is 3140. The van der Waals surface area contributed by atoms with Crippen molar-refractivity contribution in [2.24, 2.45) is 0 Å². The molecular formula is C68H72O4Si. The van der Waals surface area contributed by atoms with Crippen molar-refractivity contribution in [3.05, 3.63) is 215 Å². The van der Waals surface area contributed by atoms with Crippen molar-refractivity contribution in [1.82, 2.24) is 0 Å². The molecule has 8 aromatic carbocycles. The third-order valence-corrected chi connectivity index (χ3v) is 20.1. The van der Waals surface area contributed by atoms with E-state index in [1.807, 2.05) is 0 Å². The van der Waals surface area contributed by atoms with E-state index in [0.717, 1.165) is 67.5 Å². The van der Waals surface area contributed by atoms with Crippen molar-refractivity contribution in [1.29, 1.82) is 0 Å². The molecule has 0 saturated heterocycles. The van der Waals surface area contributed by atoms with Crippen LogP contribution < -0.4 is 39.7 Å². The zero-order chi connectivity index (χ0) is 51.9. The van der Waals surface area contributed by atoms with Gasteiger partial charge < -0.3 is 18.9 Å². The number of para-hydroxylation sites is 2. The first-order valence-corrected chi connectivity index (χ1v) is 28.1.